The van der Waals surface area contributed by atoms with Gasteiger partial charge in [0.05, 0.1) is 7.11 Å². The minimum absolute atomic E-state index is 0.548. The monoisotopic (exact) mass is 232 g/mol. The molecular weight excluding hydrogens is 220 g/mol. The van der Waals surface area contributed by atoms with Gasteiger partial charge in [0.1, 0.15) is 5.75 Å². The maximum Gasteiger partial charge on any atom is 0.126 e. The molecule has 0 heterocycles. The van der Waals surface area contributed by atoms with Gasteiger partial charge in [0.25, 0.3) is 0 Å². The zero-order chi connectivity index (χ0) is 11.4. The van der Waals surface area contributed by atoms with E-state index in [0.29, 0.717) is 5.88 Å². The number of hydrogen-bond donors (Lipinski definition) is 0. The maximum absolute atomic E-state index is 5.76. The molecule has 0 radical (unpaired) electrons. The molecule has 2 rings (SSSR count). The number of benzene rings is 2. The fourth-order valence-electron chi connectivity index (χ4n) is 1.66. The summed E-state index contributed by atoms with van der Waals surface area (Å²) in [5, 5.41) is 0. The first-order valence-corrected chi connectivity index (χ1v) is 5.67. The van der Waals surface area contributed by atoms with Gasteiger partial charge in [-0.3, -0.25) is 0 Å². The highest BCUT2D eigenvalue weighted by Crippen LogP contribution is 2.29. The Kier molecular flexibility index (Phi) is 3.47. The van der Waals surface area contributed by atoms with Gasteiger partial charge in [0.15, 0.2) is 0 Å². The number of alkyl halides is 1. The van der Waals surface area contributed by atoms with E-state index in [2.05, 4.69) is 18.2 Å². The quantitative estimate of drug-likeness (QED) is 0.724. The average molecular weight is 233 g/mol. The number of halogens is 1. The zero-order valence-electron chi connectivity index (χ0n) is 9.11. The zero-order valence-corrected chi connectivity index (χ0v) is 9.87. The van der Waals surface area contributed by atoms with Crippen LogP contribution in [0.1, 0.15) is 5.56 Å². The van der Waals surface area contributed by atoms with E-state index in [1.807, 2.05) is 30.3 Å². The largest absolute Gasteiger partial charge is 0.496 e. The van der Waals surface area contributed by atoms with Crippen LogP contribution < -0.4 is 4.74 Å². The normalized spacial score (nSPS) is 10.1. The van der Waals surface area contributed by atoms with Crippen LogP contribution in [0.2, 0.25) is 0 Å². The summed E-state index contributed by atoms with van der Waals surface area (Å²) in [6, 6.07) is 16.2. The second-order valence-electron chi connectivity index (χ2n) is 3.53. The van der Waals surface area contributed by atoms with Crippen molar-refractivity contribution >= 4 is 11.6 Å². The summed E-state index contributed by atoms with van der Waals surface area (Å²) in [5.41, 5.74) is 3.37. The molecule has 0 N–H and O–H groups in total. The van der Waals surface area contributed by atoms with Crippen molar-refractivity contribution in [2.24, 2.45) is 0 Å². The molecule has 0 aliphatic rings. The number of para-hydroxylation sites is 1. The van der Waals surface area contributed by atoms with Gasteiger partial charge in [-0.25, -0.2) is 0 Å². The van der Waals surface area contributed by atoms with Gasteiger partial charge in [-0.15, -0.1) is 11.6 Å². The van der Waals surface area contributed by atoms with Gasteiger partial charge in [0, 0.05) is 11.4 Å². The molecular formula is C14H13ClO. The highest BCUT2D eigenvalue weighted by Gasteiger charge is 2.03. The fraction of sp³-hybridized carbons (Fsp3) is 0.143. The maximum atomic E-state index is 5.76. The first-order chi connectivity index (χ1) is 7.85. The van der Waals surface area contributed by atoms with E-state index in [1.54, 1.807) is 7.11 Å². The van der Waals surface area contributed by atoms with Crippen molar-refractivity contribution in [1.29, 1.82) is 0 Å². The molecule has 0 saturated carbocycles. The lowest BCUT2D eigenvalue weighted by atomic mass is 10.0. The third-order valence-corrected chi connectivity index (χ3v) is 2.83. The summed E-state index contributed by atoms with van der Waals surface area (Å²) < 4.78 is 5.33. The molecule has 16 heavy (non-hydrogen) atoms. The minimum Gasteiger partial charge on any atom is -0.496 e. The molecule has 0 saturated heterocycles. The minimum atomic E-state index is 0.548. The second kappa shape index (κ2) is 5.04. The smallest absolute Gasteiger partial charge is 0.126 e. The van der Waals surface area contributed by atoms with Crippen LogP contribution in [0.5, 0.6) is 5.75 Å². The predicted molar refractivity (Wildman–Crippen MR) is 68.0 cm³/mol. The van der Waals surface area contributed by atoms with Crippen molar-refractivity contribution in [3.63, 3.8) is 0 Å². The summed E-state index contributed by atoms with van der Waals surface area (Å²) in [7, 11) is 1.69. The van der Waals surface area contributed by atoms with E-state index < -0.39 is 0 Å². The molecule has 1 nitrogen and oxygen atoms in total. The van der Waals surface area contributed by atoms with Crippen LogP contribution in [0.3, 0.4) is 0 Å². The molecule has 2 aromatic carbocycles. The number of hydrogen-bond acceptors (Lipinski definition) is 1. The summed E-state index contributed by atoms with van der Waals surface area (Å²) in [5.74, 6) is 1.44. The molecule has 0 amide bonds. The Morgan fingerprint density at radius 1 is 1.00 bits per heavy atom. The Hall–Kier alpha value is -1.47. The van der Waals surface area contributed by atoms with Crippen LogP contribution in [0, 0.1) is 0 Å². The average Bonchev–Trinajstić information content (AvgIpc) is 2.39. The van der Waals surface area contributed by atoms with Crippen molar-refractivity contribution in [3.8, 4) is 16.9 Å². The standard InChI is InChI=1S/C14H13ClO/c1-16-14-5-3-2-4-13(14)12-8-6-11(10-15)7-9-12/h2-9H,10H2,1H3. The Labute approximate surface area is 101 Å². The Balaban J connectivity index is 2.42. The first-order valence-electron chi connectivity index (χ1n) is 5.13. The van der Waals surface area contributed by atoms with Crippen LogP contribution >= 0.6 is 11.6 Å². The Bertz CT molecular complexity index is 462. The highest BCUT2D eigenvalue weighted by molar-refractivity contribution is 6.17. The lowest BCUT2D eigenvalue weighted by Crippen LogP contribution is -1.87. The molecule has 0 aliphatic heterocycles. The van der Waals surface area contributed by atoms with Crippen LogP contribution in [0.4, 0.5) is 0 Å². The third-order valence-electron chi connectivity index (χ3n) is 2.53. The van der Waals surface area contributed by atoms with Crippen LogP contribution in [0.15, 0.2) is 48.5 Å². The topological polar surface area (TPSA) is 9.23 Å². The molecule has 0 aromatic heterocycles. The van der Waals surface area contributed by atoms with Gasteiger partial charge in [0.2, 0.25) is 0 Å². The summed E-state index contributed by atoms with van der Waals surface area (Å²) in [6.45, 7) is 0. The van der Waals surface area contributed by atoms with Crippen LogP contribution in [-0.2, 0) is 5.88 Å². The van der Waals surface area contributed by atoms with Gasteiger partial charge in [-0.2, -0.15) is 0 Å². The molecule has 0 bridgehead atoms. The SMILES string of the molecule is COc1ccccc1-c1ccc(CCl)cc1. The van der Waals surface area contributed by atoms with Gasteiger partial charge in [-0.1, -0.05) is 42.5 Å². The first kappa shape index (κ1) is 11.0. The number of rotatable bonds is 3. The molecule has 82 valence electrons. The Morgan fingerprint density at radius 2 is 1.69 bits per heavy atom. The van der Waals surface area contributed by atoms with Gasteiger partial charge >= 0.3 is 0 Å². The van der Waals surface area contributed by atoms with Crippen molar-refractivity contribution in [1.82, 2.24) is 0 Å². The van der Waals surface area contributed by atoms with Crippen LogP contribution in [0.25, 0.3) is 11.1 Å². The lowest BCUT2D eigenvalue weighted by Gasteiger charge is -2.08. The van der Waals surface area contributed by atoms with E-state index >= 15 is 0 Å². The summed E-state index contributed by atoms with van der Waals surface area (Å²) in [6.07, 6.45) is 0. The number of methoxy groups -OCH3 is 1. The van der Waals surface area contributed by atoms with Crippen molar-refractivity contribution in [2.75, 3.05) is 7.11 Å². The fourth-order valence-corrected chi connectivity index (χ4v) is 1.83. The molecule has 0 fully saturated rings. The van der Waals surface area contributed by atoms with E-state index in [4.69, 9.17) is 16.3 Å². The van der Waals surface area contributed by atoms with Crippen molar-refractivity contribution in [3.05, 3.63) is 54.1 Å². The van der Waals surface area contributed by atoms with Crippen LogP contribution in [-0.4, -0.2) is 7.11 Å². The third kappa shape index (κ3) is 2.20. The van der Waals surface area contributed by atoms with Crippen molar-refractivity contribution < 1.29 is 4.74 Å². The van der Waals surface area contributed by atoms with E-state index in [9.17, 15) is 0 Å². The molecule has 2 heteroatoms. The van der Waals surface area contributed by atoms with E-state index in [0.717, 1.165) is 22.4 Å². The predicted octanol–water partition coefficient (Wildman–Crippen LogP) is 4.10. The molecule has 2 aromatic rings. The number of ether oxygens (including phenoxy) is 1. The van der Waals surface area contributed by atoms with Gasteiger partial charge < -0.3 is 4.74 Å². The Morgan fingerprint density at radius 3 is 2.31 bits per heavy atom. The van der Waals surface area contributed by atoms with Crippen molar-refractivity contribution in [2.45, 2.75) is 5.88 Å². The van der Waals surface area contributed by atoms with E-state index in [1.165, 1.54) is 0 Å². The molecule has 0 aliphatic carbocycles. The highest BCUT2D eigenvalue weighted by atomic mass is 35.5. The van der Waals surface area contributed by atoms with Gasteiger partial charge in [-0.05, 0) is 17.2 Å². The van der Waals surface area contributed by atoms with E-state index in [-0.39, 0.29) is 0 Å². The summed E-state index contributed by atoms with van der Waals surface area (Å²) >= 11 is 5.76. The second-order valence-corrected chi connectivity index (χ2v) is 3.80. The molecule has 0 unspecified atom stereocenters. The lowest BCUT2D eigenvalue weighted by molar-refractivity contribution is 0.416. The molecule has 0 atom stereocenters. The summed E-state index contributed by atoms with van der Waals surface area (Å²) in [4.78, 5) is 0. The molecule has 0 spiro atoms.